The van der Waals surface area contributed by atoms with E-state index in [0.717, 1.165) is 30.6 Å². The molecule has 0 bridgehead atoms. The fraction of sp³-hybridized carbons (Fsp3) is 0.464. The lowest BCUT2D eigenvalue weighted by atomic mass is 10.1. The Morgan fingerprint density at radius 1 is 1.15 bits per heavy atom. The van der Waals surface area contributed by atoms with Gasteiger partial charge in [0.15, 0.2) is 5.76 Å². The number of carbonyl (C=O) groups excluding carboxylic acids is 2. The van der Waals surface area contributed by atoms with Crippen LogP contribution >= 0.6 is 22.9 Å². The van der Waals surface area contributed by atoms with E-state index in [-0.39, 0.29) is 29.7 Å². The molecule has 5 rings (SSSR count). The fourth-order valence-corrected chi connectivity index (χ4v) is 7.82. The third kappa shape index (κ3) is 6.83. The number of nitrogens with one attached hydrogen (secondary N) is 1. The van der Waals surface area contributed by atoms with E-state index in [1.54, 1.807) is 34.1 Å². The predicted octanol–water partition coefficient (Wildman–Crippen LogP) is 4.27. The van der Waals surface area contributed by atoms with Crippen LogP contribution in [-0.4, -0.2) is 69.2 Å². The molecule has 3 aromatic rings. The molecule has 220 valence electrons. The monoisotopic (exact) mass is 620 g/mol. The fourth-order valence-electron chi connectivity index (χ4n) is 5.31. The summed E-state index contributed by atoms with van der Waals surface area (Å²) in [5.74, 6) is -0.0230. The van der Waals surface area contributed by atoms with Crippen LogP contribution in [0.5, 0.6) is 0 Å². The highest BCUT2D eigenvalue weighted by Crippen LogP contribution is 2.32. The summed E-state index contributed by atoms with van der Waals surface area (Å²) in [6, 6.07) is 9.06. The van der Waals surface area contributed by atoms with E-state index in [2.05, 4.69) is 9.88 Å². The van der Waals surface area contributed by atoms with E-state index in [4.69, 9.17) is 20.9 Å². The quantitative estimate of drug-likeness (QED) is 0.379. The summed E-state index contributed by atoms with van der Waals surface area (Å²) in [7, 11) is -4.18. The highest BCUT2D eigenvalue weighted by Gasteiger charge is 2.33. The molecular weight excluding hydrogens is 588 g/mol. The first-order chi connectivity index (χ1) is 19.8. The maximum Gasteiger partial charge on any atom is 0.253 e. The molecule has 2 aliphatic rings. The molecule has 1 aromatic carbocycles. The third-order valence-corrected chi connectivity index (χ3v) is 10.1. The van der Waals surface area contributed by atoms with Gasteiger partial charge in [0.25, 0.3) is 5.91 Å². The number of hydrogen-bond donors (Lipinski definition) is 1. The summed E-state index contributed by atoms with van der Waals surface area (Å²) in [4.78, 5) is 30.5. The van der Waals surface area contributed by atoms with Gasteiger partial charge in [-0.2, -0.15) is 4.72 Å². The van der Waals surface area contributed by atoms with Crippen LogP contribution in [0.4, 0.5) is 5.69 Å². The second-order valence-corrected chi connectivity index (χ2v) is 13.5. The van der Waals surface area contributed by atoms with Gasteiger partial charge in [-0.1, -0.05) is 42.6 Å². The topological polar surface area (TPSA) is 122 Å². The molecule has 0 aliphatic carbocycles. The Bertz CT molecular complexity index is 1500. The second-order valence-electron chi connectivity index (χ2n) is 10.1. The summed E-state index contributed by atoms with van der Waals surface area (Å²) in [5, 5.41) is 4.13. The number of hydrogen-bond acceptors (Lipinski definition) is 8. The van der Waals surface area contributed by atoms with Crippen LogP contribution in [0, 0.1) is 0 Å². The number of morpholine rings is 1. The van der Waals surface area contributed by atoms with Crippen molar-refractivity contribution in [2.75, 3.05) is 37.7 Å². The number of benzene rings is 1. The number of thiophene rings is 1. The molecule has 4 heterocycles. The van der Waals surface area contributed by atoms with Crippen molar-refractivity contribution in [2.45, 2.75) is 56.4 Å². The molecule has 0 spiro atoms. The molecule has 2 saturated heterocycles. The van der Waals surface area contributed by atoms with Gasteiger partial charge in [-0.15, -0.1) is 11.3 Å². The van der Waals surface area contributed by atoms with Crippen molar-refractivity contribution < 1.29 is 27.3 Å². The number of sulfonamides is 1. The van der Waals surface area contributed by atoms with Crippen molar-refractivity contribution in [3.8, 4) is 10.6 Å². The lowest BCUT2D eigenvalue weighted by Crippen LogP contribution is -2.50. The Morgan fingerprint density at radius 2 is 1.93 bits per heavy atom. The second kappa shape index (κ2) is 13.0. The Kier molecular flexibility index (Phi) is 9.45. The molecule has 2 aliphatic heterocycles. The largest absolute Gasteiger partial charge is 0.370 e. The molecule has 10 nitrogen and oxygen atoms in total. The SMILES string of the molecule is CCc1c(N2CCOCC2=O)cccc1S(=O)(=O)NC(Cc1cc(-c2ccc(Cl)s2)on1)C(=O)N1CCCCCC1. The molecular formula is C28H33ClN4O6S2. The zero-order chi connectivity index (χ0) is 29.0. The van der Waals surface area contributed by atoms with Crippen LogP contribution in [-0.2, 0) is 37.2 Å². The summed E-state index contributed by atoms with van der Waals surface area (Å²) in [5.41, 5.74) is 1.49. The molecule has 2 fully saturated rings. The van der Waals surface area contributed by atoms with E-state index in [9.17, 15) is 18.0 Å². The Labute approximate surface area is 248 Å². The number of likely N-dealkylation sites (tertiary alicyclic amines) is 1. The van der Waals surface area contributed by atoms with E-state index in [1.165, 1.54) is 17.4 Å². The first kappa shape index (κ1) is 29.7. The normalized spacial score (nSPS) is 17.5. The standard InChI is InChI=1S/C28H33ClN4O6S2/c1-2-20-22(33-14-15-38-18-27(33)34)8-7-9-25(20)41(36,37)31-21(28(35)32-12-5-3-4-6-13-32)16-19-17-23(39-30-19)24-10-11-26(29)40-24/h7-11,17,21,31H,2-6,12-16,18H2,1H3. The molecule has 0 saturated carbocycles. The Hall–Kier alpha value is -2.77. The number of aromatic nitrogens is 1. The average molecular weight is 621 g/mol. The molecule has 2 aromatic heterocycles. The summed E-state index contributed by atoms with van der Waals surface area (Å²) in [6.07, 6.45) is 4.19. The van der Waals surface area contributed by atoms with Gasteiger partial charge < -0.3 is 19.1 Å². The minimum Gasteiger partial charge on any atom is -0.370 e. The minimum absolute atomic E-state index is 0.0142. The number of carbonyl (C=O) groups is 2. The van der Waals surface area contributed by atoms with Gasteiger partial charge in [-0.05, 0) is 49.1 Å². The van der Waals surface area contributed by atoms with Crippen LogP contribution in [0.25, 0.3) is 10.6 Å². The molecule has 41 heavy (non-hydrogen) atoms. The van der Waals surface area contributed by atoms with E-state index in [1.807, 2.05) is 13.0 Å². The van der Waals surface area contributed by atoms with E-state index >= 15 is 0 Å². The molecule has 0 radical (unpaired) electrons. The lowest BCUT2D eigenvalue weighted by molar-refractivity contribution is -0.133. The van der Waals surface area contributed by atoms with Gasteiger partial charge in [0.05, 0.1) is 26.4 Å². The maximum atomic E-state index is 13.9. The van der Waals surface area contributed by atoms with Crippen molar-refractivity contribution in [3.63, 3.8) is 0 Å². The minimum atomic E-state index is -4.18. The number of ether oxygens (including phenoxy) is 1. The van der Waals surface area contributed by atoms with Gasteiger partial charge in [0, 0.05) is 37.8 Å². The number of rotatable bonds is 9. The van der Waals surface area contributed by atoms with Crippen LogP contribution < -0.4 is 9.62 Å². The predicted molar refractivity (Wildman–Crippen MR) is 157 cm³/mol. The lowest BCUT2D eigenvalue weighted by Gasteiger charge is -2.30. The summed E-state index contributed by atoms with van der Waals surface area (Å²) < 4.78 is 42.0. The van der Waals surface area contributed by atoms with Gasteiger partial charge >= 0.3 is 0 Å². The molecule has 13 heteroatoms. The zero-order valence-electron chi connectivity index (χ0n) is 22.8. The van der Waals surface area contributed by atoms with Crippen LogP contribution in [0.15, 0.2) is 45.8 Å². The van der Waals surface area contributed by atoms with Gasteiger partial charge in [-0.3, -0.25) is 9.59 Å². The van der Waals surface area contributed by atoms with Crippen molar-refractivity contribution in [1.29, 1.82) is 0 Å². The molecule has 1 unspecified atom stereocenters. The van der Waals surface area contributed by atoms with Gasteiger partial charge in [-0.25, -0.2) is 8.42 Å². The smallest absolute Gasteiger partial charge is 0.253 e. The highest BCUT2D eigenvalue weighted by atomic mass is 35.5. The van der Waals surface area contributed by atoms with Crippen LogP contribution in [0.1, 0.15) is 43.9 Å². The molecule has 2 amide bonds. The van der Waals surface area contributed by atoms with Crippen LogP contribution in [0.2, 0.25) is 4.34 Å². The van der Waals surface area contributed by atoms with Crippen molar-refractivity contribution in [3.05, 3.63) is 52.0 Å². The third-order valence-electron chi connectivity index (χ3n) is 7.33. The highest BCUT2D eigenvalue weighted by molar-refractivity contribution is 7.89. The van der Waals surface area contributed by atoms with E-state index < -0.39 is 16.1 Å². The van der Waals surface area contributed by atoms with Crippen molar-refractivity contribution in [1.82, 2.24) is 14.8 Å². The summed E-state index contributed by atoms with van der Waals surface area (Å²) in [6.45, 7) is 3.64. The number of anilines is 1. The molecule has 1 N–H and O–H groups in total. The van der Waals surface area contributed by atoms with Crippen molar-refractivity contribution in [2.24, 2.45) is 0 Å². The Morgan fingerprint density at radius 3 is 2.61 bits per heavy atom. The van der Waals surface area contributed by atoms with Crippen molar-refractivity contribution >= 4 is 50.5 Å². The number of nitrogens with zero attached hydrogens (tertiary/aromatic N) is 3. The maximum absolute atomic E-state index is 13.9. The van der Waals surface area contributed by atoms with Gasteiger partial charge in [0.1, 0.15) is 12.6 Å². The van der Waals surface area contributed by atoms with Gasteiger partial charge in [0.2, 0.25) is 15.9 Å². The zero-order valence-corrected chi connectivity index (χ0v) is 25.2. The number of amides is 2. The molecule has 1 atom stereocenters. The average Bonchev–Trinajstić information content (AvgIpc) is 3.52. The number of halogens is 1. The van der Waals surface area contributed by atoms with Crippen LogP contribution in [0.3, 0.4) is 0 Å². The summed E-state index contributed by atoms with van der Waals surface area (Å²) >= 11 is 7.41. The first-order valence-electron chi connectivity index (χ1n) is 13.8. The van der Waals surface area contributed by atoms with E-state index in [0.29, 0.717) is 59.7 Å². The Balaban J connectivity index is 1.46. The first-order valence-corrected chi connectivity index (χ1v) is 16.5.